The molecule has 0 saturated carbocycles. The molecule has 0 radical (unpaired) electrons. The van der Waals surface area contributed by atoms with Crippen LogP contribution in [0, 0.1) is 0 Å². The Morgan fingerprint density at radius 1 is 0.938 bits per heavy atom. The van der Waals surface area contributed by atoms with E-state index < -0.39 is 60.0 Å². The number of piperidine rings is 1. The minimum Gasteiger partial charge on any atom is -0.444 e. The Morgan fingerprint density at radius 2 is 1.71 bits per heavy atom. The average Bonchev–Trinajstić information content (AvgIpc) is 4.01. The molecule has 338 valence electrons. The standard InChI is InChI=1S/C42H39F3N10O10/c43-42(44,45)22-50-32-19-24(9-10-48-32)39-51-29(21-65-39)31(56)18-25-20-54(53-35(25)36(46)58)26-4-1-3-23(17-26)37(59)49-12-14-64-16-15-63-13-11-47-28-6-2-5-27-34(28)41(62)55(40(27)61)30-7-8-33(57)52-38(30)60/h1-6,9-10,17,19-21,30,47H,7-8,11-16,18,22H2,(H2,46,58)(H,48,50)(H,49,59)(H,52,57,60). The number of benzene rings is 2. The smallest absolute Gasteiger partial charge is 0.405 e. The molecule has 2 aliphatic heterocycles. The van der Waals surface area contributed by atoms with E-state index in [-0.39, 0.29) is 110 Å². The summed E-state index contributed by atoms with van der Waals surface area (Å²) in [5, 5.41) is 14.4. The summed E-state index contributed by atoms with van der Waals surface area (Å²) in [4.78, 5) is 97.6. The largest absolute Gasteiger partial charge is 0.444 e. The number of oxazole rings is 1. The third-order valence-corrected chi connectivity index (χ3v) is 9.95. The predicted octanol–water partition coefficient (Wildman–Crippen LogP) is 2.70. The van der Waals surface area contributed by atoms with Gasteiger partial charge in [-0.3, -0.25) is 43.8 Å². The number of alkyl halides is 3. The maximum atomic E-state index is 13.3. The number of aromatic nitrogens is 4. The van der Waals surface area contributed by atoms with E-state index in [9.17, 15) is 46.7 Å². The predicted molar refractivity (Wildman–Crippen MR) is 220 cm³/mol. The number of carbonyl (C=O) groups excluding carboxylic acids is 7. The van der Waals surface area contributed by atoms with Gasteiger partial charge in [0.2, 0.25) is 17.7 Å². The number of nitrogens with zero attached hydrogens (tertiary/aromatic N) is 5. The van der Waals surface area contributed by atoms with Crippen molar-refractivity contribution in [1.29, 1.82) is 0 Å². The highest BCUT2D eigenvalue weighted by molar-refractivity contribution is 6.25. The van der Waals surface area contributed by atoms with Crippen LogP contribution in [0.15, 0.2) is 77.7 Å². The lowest BCUT2D eigenvalue weighted by molar-refractivity contribution is -0.136. The van der Waals surface area contributed by atoms with Crippen molar-refractivity contribution in [2.45, 2.75) is 31.5 Å². The van der Waals surface area contributed by atoms with Gasteiger partial charge in [0.25, 0.3) is 23.6 Å². The monoisotopic (exact) mass is 900 g/mol. The van der Waals surface area contributed by atoms with E-state index in [0.717, 1.165) is 11.2 Å². The number of Topliss-reactive ketones (excluding diaryl/α,β-unsaturated/α-hetero) is 1. The highest BCUT2D eigenvalue weighted by atomic mass is 19.4. The molecule has 1 saturated heterocycles. The average molecular weight is 901 g/mol. The van der Waals surface area contributed by atoms with Crippen molar-refractivity contribution in [3.63, 3.8) is 0 Å². The summed E-state index contributed by atoms with van der Waals surface area (Å²) < 4.78 is 55.8. The molecule has 1 fully saturated rings. The van der Waals surface area contributed by atoms with Gasteiger partial charge < -0.3 is 35.6 Å². The maximum absolute atomic E-state index is 13.3. The number of fused-ring (bicyclic) bond motifs is 1. The number of hydrogen-bond donors (Lipinski definition) is 5. The molecule has 20 nitrogen and oxygen atoms in total. The van der Waals surface area contributed by atoms with E-state index >= 15 is 0 Å². The van der Waals surface area contributed by atoms with E-state index in [2.05, 4.69) is 36.3 Å². The number of primary amides is 1. The van der Waals surface area contributed by atoms with E-state index in [0.29, 0.717) is 11.4 Å². The molecule has 0 spiro atoms. The third kappa shape index (κ3) is 10.9. The second kappa shape index (κ2) is 19.7. The molecule has 1 atom stereocenters. The van der Waals surface area contributed by atoms with Crippen molar-refractivity contribution in [3.05, 3.63) is 107 Å². The molecule has 7 rings (SSSR count). The van der Waals surface area contributed by atoms with Crippen molar-refractivity contribution in [1.82, 2.24) is 35.3 Å². The van der Waals surface area contributed by atoms with Crippen molar-refractivity contribution >= 4 is 52.7 Å². The van der Waals surface area contributed by atoms with Gasteiger partial charge in [0.1, 0.15) is 30.4 Å². The van der Waals surface area contributed by atoms with Crippen LogP contribution in [0.1, 0.15) is 70.5 Å². The molecule has 65 heavy (non-hydrogen) atoms. The zero-order valence-corrected chi connectivity index (χ0v) is 34.1. The first kappa shape index (κ1) is 45.2. The number of nitrogens with two attached hydrogens (primary N) is 1. The molecule has 23 heteroatoms. The fraction of sp³-hybridized carbons (Fsp3) is 0.286. The van der Waals surface area contributed by atoms with Crippen LogP contribution in [0.2, 0.25) is 0 Å². The van der Waals surface area contributed by atoms with Gasteiger partial charge in [-0.2, -0.15) is 18.3 Å². The lowest BCUT2D eigenvalue weighted by Gasteiger charge is -2.27. The van der Waals surface area contributed by atoms with Crippen LogP contribution in [-0.2, 0) is 25.5 Å². The molecule has 0 aliphatic carbocycles. The van der Waals surface area contributed by atoms with Crippen molar-refractivity contribution in [2.75, 3.05) is 56.7 Å². The van der Waals surface area contributed by atoms with Crippen LogP contribution in [0.3, 0.4) is 0 Å². The van der Waals surface area contributed by atoms with Crippen molar-refractivity contribution < 1.29 is 60.6 Å². The zero-order chi connectivity index (χ0) is 46.3. The first-order valence-electron chi connectivity index (χ1n) is 19.9. The number of amides is 6. The zero-order valence-electron chi connectivity index (χ0n) is 34.1. The summed E-state index contributed by atoms with van der Waals surface area (Å²) in [6.07, 6.45) is -1.01. The van der Waals surface area contributed by atoms with E-state index in [4.69, 9.17) is 19.6 Å². The summed E-state index contributed by atoms with van der Waals surface area (Å²) >= 11 is 0. The minimum atomic E-state index is -4.46. The number of hydrogen-bond acceptors (Lipinski definition) is 15. The van der Waals surface area contributed by atoms with Crippen LogP contribution in [-0.4, -0.2) is 124 Å². The van der Waals surface area contributed by atoms with E-state index in [1.54, 1.807) is 30.3 Å². The molecule has 6 amide bonds. The molecule has 1 unspecified atom stereocenters. The Balaban J connectivity index is 0.838. The van der Waals surface area contributed by atoms with Gasteiger partial charge in [-0.25, -0.2) is 14.6 Å². The quantitative estimate of drug-likeness (QED) is 0.0427. The van der Waals surface area contributed by atoms with Crippen molar-refractivity contribution in [3.8, 4) is 17.1 Å². The van der Waals surface area contributed by atoms with Gasteiger partial charge in [-0.05, 0) is 48.9 Å². The fourth-order valence-electron chi connectivity index (χ4n) is 6.90. The van der Waals surface area contributed by atoms with Gasteiger partial charge in [-0.1, -0.05) is 12.1 Å². The number of anilines is 2. The number of rotatable bonds is 20. The maximum Gasteiger partial charge on any atom is 0.405 e. The number of ketones is 1. The number of halogens is 3. The first-order valence-corrected chi connectivity index (χ1v) is 19.9. The number of carbonyl (C=O) groups is 7. The van der Waals surface area contributed by atoms with Crippen LogP contribution < -0.4 is 27.0 Å². The summed E-state index contributed by atoms with van der Waals surface area (Å²) in [7, 11) is 0. The second-order valence-corrected chi connectivity index (χ2v) is 14.5. The lowest BCUT2D eigenvalue weighted by Crippen LogP contribution is -2.54. The van der Waals surface area contributed by atoms with Gasteiger partial charge in [0.05, 0.1) is 43.2 Å². The number of imide groups is 2. The van der Waals surface area contributed by atoms with Crippen LogP contribution in [0.5, 0.6) is 0 Å². The second-order valence-electron chi connectivity index (χ2n) is 14.5. The molecule has 5 heterocycles. The number of pyridine rings is 1. The van der Waals surface area contributed by atoms with Gasteiger partial charge in [0, 0.05) is 60.7 Å². The SMILES string of the molecule is NC(=O)c1nn(-c2cccc(C(=O)NCCOCCOCCNc3cccc4c3C(=O)N(C3CCC(=O)NC3=O)C4=O)c2)cc1CC(=O)c1coc(-c2ccnc(NCC(F)(F)F)c2)n1. The lowest BCUT2D eigenvalue weighted by atomic mass is 10.0. The Bertz CT molecular complexity index is 2660. The normalized spacial score (nSPS) is 14.9. The van der Waals surface area contributed by atoms with E-state index in [1.807, 2.05) is 0 Å². The van der Waals surface area contributed by atoms with Crippen LogP contribution in [0.25, 0.3) is 17.1 Å². The Kier molecular flexibility index (Phi) is 13.7. The highest BCUT2D eigenvalue weighted by Crippen LogP contribution is 2.32. The van der Waals surface area contributed by atoms with E-state index in [1.165, 1.54) is 41.3 Å². The van der Waals surface area contributed by atoms with Crippen LogP contribution in [0.4, 0.5) is 24.7 Å². The van der Waals surface area contributed by atoms with Gasteiger partial charge >= 0.3 is 6.18 Å². The first-order chi connectivity index (χ1) is 31.2. The van der Waals surface area contributed by atoms with Crippen LogP contribution >= 0.6 is 0 Å². The van der Waals surface area contributed by atoms with Crippen molar-refractivity contribution in [2.24, 2.45) is 5.73 Å². The highest BCUT2D eigenvalue weighted by Gasteiger charge is 2.45. The Hall–Kier alpha value is -7.79. The summed E-state index contributed by atoms with van der Waals surface area (Å²) in [5.41, 5.74) is 7.02. The molecular weight excluding hydrogens is 862 g/mol. The Labute approximate surface area is 366 Å². The topological polar surface area (TPSA) is 272 Å². The minimum absolute atomic E-state index is 0.0189. The number of ether oxygens (including phenoxy) is 2. The molecule has 2 aliphatic rings. The Morgan fingerprint density at radius 3 is 2.46 bits per heavy atom. The van der Waals surface area contributed by atoms with Gasteiger partial charge in [-0.15, -0.1) is 0 Å². The molecule has 0 bridgehead atoms. The third-order valence-electron chi connectivity index (χ3n) is 9.95. The summed E-state index contributed by atoms with van der Waals surface area (Å²) in [6, 6.07) is 12.7. The summed E-state index contributed by atoms with van der Waals surface area (Å²) in [5.74, 6) is -4.41. The fourth-order valence-corrected chi connectivity index (χ4v) is 6.90. The molecule has 5 aromatic rings. The van der Waals surface area contributed by atoms with Gasteiger partial charge in [0.15, 0.2) is 11.5 Å². The molecule has 6 N–H and O–H groups in total. The molecular formula is C42H39F3N10O10. The number of nitrogens with one attached hydrogen (secondary N) is 4. The molecule has 3 aromatic heterocycles. The molecule has 2 aromatic carbocycles. The summed E-state index contributed by atoms with van der Waals surface area (Å²) in [6.45, 7) is -0.0417.